The Kier molecular flexibility index (Phi) is 22.2. The topological polar surface area (TPSA) is 233 Å². The fraction of sp³-hybridized carbons (Fsp3) is 0.522. The zero-order valence-electron chi connectivity index (χ0n) is 52.6. The number of aromatic nitrogens is 2. The van der Waals surface area contributed by atoms with Crippen LogP contribution in [0.25, 0.3) is 21.6 Å². The highest BCUT2D eigenvalue weighted by Crippen LogP contribution is 2.41. The number of piperazine rings is 2. The fourth-order valence-corrected chi connectivity index (χ4v) is 12.9. The standard InChI is InChI=1S/C67H85F4N11O8S/c1-43-59(91-42-74-43)46-19-17-45(18-20-46)52(75-62(88)55-36-49(83)41-82(55)63(89)60(65(2,3)4)77-64(90)66(68)23-24-66)38-57(85)72-25-12-10-8-6-7-9-11-16-58(86)81-32-28-79(29-33-81)40-44-14-13-15-47(34-44)48-21-22-54(80-30-26-78(5)27-31-80)53(35-48)76-61(87)50-39-73-56(84)37-51(50)67(69,70)71/h13-15,17-22,34-35,37,39,42,49,52,55,60,83H,6-12,16,23-33,36,38,40-41H2,1-5H3,(H,72,85)(H,73,84)(H,75,88)(H,76,87)(H,77,90)/t49-,52?,55+,60?/m1/s1. The van der Waals surface area contributed by atoms with Gasteiger partial charge in [0, 0.05) is 97.1 Å². The van der Waals surface area contributed by atoms with E-state index in [2.05, 4.69) is 52.0 Å². The first-order chi connectivity index (χ1) is 43.3. The number of nitrogens with zero attached hydrogens (tertiary/aromatic N) is 6. The summed E-state index contributed by atoms with van der Waals surface area (Å²) in [5.74, 6) is -3.15. The second-order valence-electron chi connectivity index (χ2n) is 25.8. The minimum atomic E-state index is -4.92. The van der Waals surface area contributed by atoms with Crippen molar-refractivity contribution in [3.05, 3.63) is 123 Å². The van der Waals surface area contributed by atoms with Crippen LogP contribution in [0, 0.1) is 12.3 Å². The highest BCUT2D eigenvalue weighted by atomic mass is 32.1. The minimum Gasteiger partial charge on any atom is -0.391 e. The molecule has 0 radical (unpaired) electrons. The number of anilines is 2. The molecule has 19 nitrogen and oxygen atoms in total. The number of β-amino-alcohol motifs (C(OH)–C–C–N with tert-alkyl or cyclic N) is 1. The van der Waals surface area contributed by atoms with Crippen molar-refractivity contribution in [3.63, 3.8) is 0 Å². The van der Waals surface area contributed by atoms with Crippen LogP contribution in [-0.2, 0) is 36.7 Å². The third-order valence-electron chi connectivity index (χ3n) is 17.7. The summed E-state index contributed by atoms with van der Waals surface area (Å²) in [6.07, 6.45) is 1.64. The van der Waals surface area contributed by atoms with Crippen molar-refractivity contribution in [1.29, 1.82) is 0 Å². The molecule has 4 aliphatic rings. The van der Waals surface area contributed by atoms with Gasteiger partial charge in [-0.15, -0.1) is 11.3 Å². The molecule has 5 heterocycles. The summed E-state index contributed by atoms with van der Waals surface area (Å²) in [6, 6.07) is 18.5. The molecule has 6 amide bonds. The quantitative estimate of drug-likeness (QED) is 0.0238. The molecule has 3 saturated heterocycles. The van der Waals surface area contributed by atoms with E-state index in [1.54, 1.807) is 32.3 Å². The number of aliphatic hydroxyl groups excluding tert-OH is 1. The number of alkyl halides is 4. The van der Waals surface area contributed by atoms with E-state index in [4.69, 9.17) is 0 Å². The van der Waals surface area contributed by atoms with Gasteiger partial charge in [0.1, 0.15) is 12.1 Å². The molecule has 2 aromatic heterocycles. The number of likely N-dealkylation sites (tertiary alicyclic amines) is 1. The number of halogens is 4. The summed E-state index contributed by atoms with van der Waals surface area (Å²) in [5.41, 5.74) is 2.12. The number of hydrogen-bond acceptors (Lipinski definition) is 13. The lowest BCUT2D eigenvalue weighted by atomic mass is 9.85. The molecule has 5 aromatic rings. The van der Waals surface area contributed by atoms with Gasteiger partial charge in [-0.05, 0) is 91.1 Å². The van der Waals surface area contributed by atoms with Gasteiger partial charge in [-0.3, -0.25) is 38.5 Å². The van der Waals surface area contributed by atoms with Crippen LogP contribution in [0.4, 0.5) is 28.9 Å². The van der Waals surface area contributed by atoms with Gasteiger partial charge in [0.2, 0.25) is 29.2 Å². The molecule has 24 heteroatoms. The number of H-pyrrole nitrogens is 1. The summed E-state index contributed by atoms with van der Waals surface area (Å²) in [6.45, 7) is 13.6. The van der Waals surface area contributed by atoms with Crippen molar-refractivity contribution >= 4 is 58.2 Å². The first kappa shape index (κ1) is 67.8. The van der Waals surface area contributed by atoms with Crippen molar-refractivity contribution < 1.29 is 51.4 Å². The van der Waals surface area contributed by atoms with Crippen LogP contribution in [0.2, 0.25) is 0 Å². The molecule has 4 atom stereocenters. The fourth-order valence-electron chi connectivity index (χ4n) is 12.1. The number of pyridine rings is 1. The van der Waals surface area contributed by atoms with E-state index in [9.17, 15) is 56.2 Å². The number of carbonyl (C=O) groups is 6. The Morgan fingerprint density at radius 3 is 2.14 bits per heavy atom. The van der Waals surface area contributed by atoms with Gasteiger partial charge in [0.05, 0.1) is 57.1 Å². The number of hydrogen-bond donors (Lipinski definition) is 6. The maximum absolute atomic E-state index is 14.8. The van der Waals surface area contributed by atoms with E-state index in [0.29, 0.717) is 81.8 Å². The number of aryl methyl sites for hydroxylation is 1. The molecule has 2 unspecified atom stereocenters. The van der Waals surface area contributed by atoms with Gasteiger partial charge in [-0.2, -0.15) is 13.2 Å². The Bertz CT molecular complexity index is 3440. The highest BCUT2D eigenvalue weighted by molar-refractivity contribution is 7.13. The lowest BCUT2D eigenvalue weighted by molar-refractivity contribution is -0.145. The van der Waals surface area contributed by atoms with E-state index >= 15 is 0 Å². The molecule has 4 fully saturated rings. The molecular formula is C67H85F4N11O8S. The predicted octanol–water partition coefficient (Wildman–Crippen LogP) is 8.62. The van der Waals surface area contributed by atoms with Gasteiger partial charge in [-0.25, -0.2) is 9.37 Å². The van der Waals surface area contributed by atoms with Gasteiger partial charge < -0.3 is 51.0 Å². The van der Waals surface area contributed by atoms with E-state index < -0.39 is 81.8 Å². The number of unbranched alkanes of at least 4 members (excludes halogenated alkanes) is 6. The summed E-state index contributed by atoms with van der Waals surface area (Å²) in [4.78, 5) is 111. The first-order valence-electron chi connectivity index (χ1n) is 31.7. The van der Waals surface area contributed by atoms with Crippen LogP contribution < -0.4 is 31.7 Å². The summed E-state index contributed by atoms with van der Waals surface area (Å²) < 4.78 is 56.8. The third kappa shape index (κ3) is 17.9. The molecule has 6 N–H and O–H groups in total. The Hall–Kier alpha value is -7.54. The molecule has 1 aliphatic carbocycles. The third-order valence-corrected chi connectivity index (χ3v) is 18.7. The van der Waals surface area contributed by atoms with E-state index in [1.807, 2.05) is 73.5 Å². The van der Waals surface area contributed by atoms with Crippen LogP contribution >= 0.6 is 11.3 Å². The van der Waals surface area contributed by atoms with Gasteiger partial charge in [0.25, 0.3) is 11.8 Å². The zero-order chi connectivity index (χ0) is 65.2. The van der Waals surface area contributed by atoms with Crippen molar-refractivity contribution in [3.8, 4) is 21.6 Å². The van der Waals surface area contributed by atoms with E-state index in [-0.39, 0.29) is 44.0 Å². The number of rotatable bonds is 25. The smallest absolute Gasteiger partial charge is 0.391 e. The van der Waals surface area contributed by atoms with E-state index in [1.165, 1.54) is 16.2 Å². The number of amides is 6. The lowest BCUT2D eigenvalue weighted by Gasteiger charge is -2.36. The van der Waals surface area contributed by atoms with Crippen molar-refractivity contribution in [2.75, 3.05) is 82.7 Å². The summed E-state index contributed by atoms with van der Waals surface area (Å²) >= 11 is 1.51. The summed E-state index contributed by atoms with van der Waals surface area (Å²) in [7, 11) is 2.01. The molecule has 0 bridgehead atoms. The Labute approximate surface area is 532 Å². The molecular weight excluding hydrogens is 1190 g/mol. The molecule has 1 saturated carbocycles. The predicted molar refractivity (Wildman–Crippen MR) is 342 cm³/mol. The van der Waals surface area contributed by atoms with Crippen LogP contribution in [0.15, 0.2) is 89.3 Å². The highest BCUT2D eigenvalue weighted by Gasteiger charge is 2.53. The lowest BCUT2D eigenvalue weighted by Crippen LogP contribution is -2.59. The average molecular weight is 1280 g/mol. The number of aromatic amines is 1. The molecule has 0 spiro atoms. The Morgan fingerprint density at radius 1 is 0.813 bits per heavy atom. The first-order valence-corrected chi connectivity index (χ1v) is 32.6. The summed E-state index contributed by atoms with van der Waals surface area (Å²) in [5, 5.41) is 22.2. The zero-order valence-corrected chi connectivity index (χ0v) is 53.4. The normalized spacial score (nSPS) is 18.5. The van der Waals surface area contributed by atoms with Crippen molar-refractivity contribution in [2.45, 2.75) is 147 Å². The van der Waals surface area contributed by atoms with Crippen LogP contribution in [0.1, 0.15) is 137 Å². The monoisotopic (exact) mass is 1280 g/mol. The maximum atomic E-state index is 14.8. The number of nitrogens with one attached hydrogen (secondary N) is 5. The SMILES string of the molecule is Cc1ncsc1-c1ccc(C(CC(=O)NCCCCCCCCCC(=O)N2CCN(Cc3cccc(-c4ccc(N5CCN(C)CC5)c(NC(=O)c5c[nH]c(=O)cc5C(F)(F)F)c4)c3)CC2)NC(=O)[C@@H]2C[C@@H](O)CN2C(=O)C(NC(=O)C2(F)CC2)C(C)(C)C)cc1. The average Bonchev–Trinajstić information content (AvgIpc) is 1.87. The van der Waals surface area contributed by atoms with Crippen LogP contribution in [0.3, 0.4) is 0 Å². The number of likely N-dealkylation sites (N-methyl/N-ethyl adjacent to an activating group) is 1. The van der Waals surface area contributed by atoms with Crippen LogP contribution in [0.5, 0.6) is 0 Å². The molecule has 490 valence electrons. The molecule has 3 aromatic carbocycles. The molecule has 91 heavy (non-hydrogen) atoms. The largest absolute Gasteiger partial charge is 0.417 e. The second-order valence-corrected chi connectivity index (χ2v) is 26.7. The molecule has 3 aliphatic heterocycles. The van der Waals surface area contributed by atoms with Gasteiger partial charge in [-0.1, -0.05) is 101 Å². The second kappa shape index (κ2) is 29.8. The van der Waals surface area contributed by atoms with Crippen molar-refractivity contribution in [2.24, 2.45) is 5.41 Å². The van der Waals surface area contributed by atoms with Gasteiger partial charge >= 0.3 is 6.18 Å². The van der Waals surface area contributed by atoms with Crippen LogP contribution in [-0.4, -0.2) is 166 Å². The Balaban J connectivity index is 0.696. The number of thiazole rings is 1. The van der Waals surface area contributed by atoms with Gasteiger partial charge in [0.15, 0.2) is 5.67 Å². The van der Waals surface area contributed by atoms with Crippen molar-refractivity contribution in [1.82, 2.24) is 45.5 Å². The van der Waals surface area contributed by atoms with E-state index in [0.717, 1.165) is 97.1 Å². The minimum absolute atomic E-state index is 0.0564. The number of benzene rings is 3. The Morgan fingerprint density at radius 2 is 1.48 bits per heavy atom. The maximum Gasteiger partial charge on any atom is 0.417 e. The molecule has 9 rings (SSSR count). The number of aliphatic hydroxyl groups is 1. The number of carbonyl (C=O) groups excluding carboxylic acids is 6.